The Hall–Kier alpha value is -0.253. The van der Waals surface area contributed by atoms with Crippen LogP contribution in [-0.4, -0.2) is 13.4 Å². The number of hydrogen-bond acceptors (Lipinski definition) is 2. The molecule has 0 aliphatic heterocycles. The van der Waals surface area contributed by atoms with Crippen LogP contribution in [0.3, 0.4) is 0 Å². The molecule has 0 saturated carbocycles. The Balaban J connectivity index is 4.02. The summed E-state index contributed by atoms with van der Waals surface area (Å²) in [7, 11) is -1.75. The van der Waals surface area contributed by atoms with Crippen molar-refractivity contribution >= 4 is 35.5 Å². The number of rotatable bonds is 4. The maximum absolute atomic E-state index is 10.7. The summed E-state index contributed by atoms with van der Waals surface area (Å²) in [4.78, 5) is 10.7. The first-order valence-electron chi connectivity index (χ1n) is 3.37. The summed E-state index contributed by atoms with van der Waals surface area (Å²) in [6, 6.07) is 0.458. The average molecular weight is 225 g/mol. The van der Waals surface area contributed by atoms with Gasteiger partial charge in [-0.1, -0.05) is 6.58 Å². The van der Waals surface area contributed by atoms with E-state index in [1.807, 2.05) is 0 Å². The summed E-state index contributed by atoms with van der Waals surface area (Å²) in [5.41, 5.74) is 0. The van der Waals surface area contributed by atoms with Crippen LogP contribution in [0, 0.1) is 0 Å². The predicted octanol–water partition coefficient (Wildman–Crippen LogP) is 2.32. The van der Waals surface area contributed by atoms with Crippen LogP contribution in [0.15, 0.2) is 24.5 Å². The molecule has 2 nitrogen and oxygen atoms in total. The highest BCUT2D eigenvalue weighted by Gasteiger charge is 2.09. The zero-order valence-corrected chi connectivity index (χ0v) is 9.39. The summed E-state index contributed by atoms with van der Waals surface area (Å²) < 4.78 is 4.83. The lowest BCUT2D eigenvalue weighted by atomic mass is 10.5. The lowest BCUT2D eigenvalue weighted by molar-refractivity contribution is -0.133. The first kappa shape index (κ1) is 11.7. The molecule has 0 fully saturated rings. The van der Waals surface area contributed by atoms with Crippen molar-refractivity contribution < 1.29 is 9.53 Å². The van der Waals surface area contributed by atoms with Crippen LogP contribution in [-0.2, 0) is 9.53 Å². The Bertz CT molecular complexity index is 202. The minimum absolute atomic E-state index is 0.458. The van der Waals surface area contributed by atoms with E-state index in [1.165, 1.54) is 0 Å². The predicted molar refractivity (Wildman–Crippen MR) is 53.7 cm³/mol. The smallest absolute Gasteiger partial charge is 0.335 e. The number of halogens is 2. The van der Waals surface area contributed by atoms with Crippen molar-refractivity contribution in [2.75, 3.05) is 0 Å². The Morgan fingerprint density at radius 1 is 1.67 bits per heavy atom. The molecule has 68 valence electrons. The molecule has 0 aliphatic rings. The first-order valence-corrected chi connectivity index (χ1v) is 7.68. The van der Waals surface area contributed by atoms with Crippen molar-refractivity contribution in [2.45, 2.75) is 13.0 Å². The molecule has 0 bridgehead atoms. The molecule has 0 aromatic carbocycles. The van der Waals surface area contributed by atoms with Crippen LogP contribution in [0.5, 0.6) is 0 Å². The Kier molecular flexibility index (Phi) is 6.15. The molecule has 0 atom stereocenters. The molecule has 0 amide bonds. The Morgan fingerprint density at radius 3 is 2.58 bits per heavy atom. The van der Waals surface area contributed by atoms with E-state index in [4.69, 9.17) is 26.9 Å². The van der Waals surface area contributed by atoms with Gasteiger partial charge in [-0.05, 0) is 13.0 Å². The number of carbonyl (C=O) groups excluding carboxylic acids is 1. The second-order valence-corrected chi connectivity index (χ2v) is 7.00. The van der Waals surface area contributed by atoms with Crippen LogP contribution in [0.4, 0.5) is 0 Å². The highest BCUT2D eigenvalue weighted by atomic mass is 35.7. The van der Waals surface area contributed by atoms with Gasteiger partial charge < -0.3 is 4.74 Å². The van der Waals surface area contributed by atoms with E-state index in [1.54, 1.807) is 13.0 Å². The molecule has 0 unspecified atom stereocenters. The summed E-state index contributed by atoms with van der Waals surface area (Å²) in [6.07, 6.45) is 2.77. The lowest BCUT2D eigenvalue weighted by Gasteiger charge is -2.05. The Labute approximate surface area is 82.8 Å². The van der Waals surface area contributed by atoms with E-state index in [0.717, 1.165) is 6.08 Å². The molecule has 0 aromatic heterocycles. The monoisotopic (exact) mass is 224 g/mol. The van der Waals surface area contributed by atoms with Gasteiger partial charge in [0.2, 0.25) is 7.42 Å². The molecule has 0 N–H and O–H groups in total. The highest BCUT2D eigenvalue weighted by Crippen LogP contribution is 2.13. The Morgan fingerprint density at radius 2 is 2.25 bits per heavy atom. The van der Waals surface area contributed by atoms with Crippen molar-refractivity contribution in [3.8, 4) is 0 Å². The van der Waals surface area contributed by atoms with Crippen molar-refractivity contribution in [1.29, 1.82) is 0 Å². The number of allylic oxidation sites excluding steroid dienone is 2. The van der Waals surface area contributed by atoms with Crippen LogP contribution in [0.25, 0.3) is 0 Å². The second kappa shape index (κ2) is 6.28. The summed E-state index contributed by atoms with van der Waals surface area (Å²) in [5.74, 6) is 0.0349. The minimum Gasteiger partial charge on any atom is -0.429 e. The normalized spacial score (nSPS) is 11.5. The molecule has 0 heterocycles. The van der Waals surface area contributed by atoms with E-state index in [9.17, 15) is 4.79 Å². The standard InChI is InChI=1S/C7H10Cl2O2Si/c1-3-6(5-12(8)9)11-7(10)4-2/h3-4,12H,2,5H2,1H3. The first-order chi connectivity index (χ1) is 5.60. The van der Waals surface area contributed by atoms with Crippen LogP contribution >= 0.6 is 22.2 Å². The van der Waals surface area contributed by atoms with Gasteiger partial charge in [-0.2, -0.15) is 0 Å². The van der Waals surface area contributed by atoms with Crippen LogP contribution in [0.2, 0.25) is 6.04 Å². The molecule has 0 spiro atoms. The van der Waals surface area contributed by atoms with Gasteiger partial charge in [-0.3, -0.25) is 0 Å². The SMILES string of the molecule is C=CC(=O)OC(=CC)C[SiH](Cl)Cl. The quantitative estimate of drug-likeness (QED) is 0.241. The van der Waals surface area contributed by atoms with Crippen molar-refractivity contribution in [1.82, 2.24) is 0 Å². The number of hydrogen-bond donors (Lipinski definition) is 0. The second-order valence-electron chi connectivity index (χ2n) is 1.98. The van der Waals surface area contributed by atoms with E-state index < -0.39 is 13.4 Å². The lowest BCUT2D eigenvalue weighted by Crippen LogP contribution is -2.04. The van der Waals surface area contributed by atoms with Gasteiger partial charge in [0.05, 0.1) is 0 Å². The van der Waals surface area contributed by atoms with Crippen molar-refractivity contribution in [2.24, 2.45) is 0 Å². The molecule has 0 aromatic rings. The van der Waals surface area contributed by atoms with Crippen molar-refractivity contribution in [3.05, 3.63) is 24.5 Å². The van der Waals surface area contributed by atoms with Gasteiger partial charge in [-0.15, -0.1) is 22.2 Å². The fraction of sp³-hybridized carbons (Fsp3) is 0.286. The van der Waals surface area contributed by atoms with E-state index in [0.29, 0.717) is 11.8 Å². The van der Waals surface area contributed by atoms with E-state index in [-0.39, 0.29) is 0 Å². The fourth-order valence-electron chi connectivity index (χ4n) is 0.541. The zero-order valence-electron chi connectivity index (χ0n) is 6.72. The van der Waals surface area contributed by atoms with Gasteiger partial charge >= 0.3 is 5.97 Å². The van der Waals surface area contributed by atoms with E-state index >= 15 is 0 Å². The van der Waals surface area contributed by atoms with Gasteiger partial charge in [0.25, 0.3) is 0 Å². The largest absolute Gasteiger partial charge is 0.429 e. The van der Waals surface area contributed by atoms with Gasteiger partial charge in [0, 0.05) is 12.1 Å². The molecular weight excluding hydrogens is 215 g/mol. The van der Waals surface area contributed by atoms with Crippen LogP contribution in [0.1, 0.15) is 6.92 Å². The average Bonchev–Trinajstić information content (AvgIpc) is 2.02. The molecule has 5 heteroatoms. The summed E-state index contributed by atoms with van der Waals surface area (Å²) in [5, 5.41) is 0. The van der Waals surface area contributed by atoms with Crippen LogP contribution < -0.4 is 0 Å². The molecule has 0 radical (unpaired) electrons. The van der Waals surface area contributed by atoms with Gasteiger partial charge in [0.15, 0.2) is 0 Å². The van der Waals surface area contributed by atoms with Crippen molar-refractivity contribution in [3.63, 3.8) is 0 Å². The summed E-state index contributed by atoms with van der Waals surface area (Å²) >= 11 is 11.2. The number of carbonyl (C=O) groups is 1. The minimum atomic E-state index is -1.75. The molecular formula is C7H10Cl2O2Si. The third-order valence-corrected chi connectivity index (χ3v) is 2.71. The molecule has 0 aliphatic carbocycles. The van der Waals surface area contributed by atoms with E-state index in [2.05, 4.69) is 6.58 Å². The molecule has 12 heavy (non-hydrogen) atoms. The third kappa shape index (κ3) is 5.40. The number of esters is 1. The topological polar surface area (TPSA) is 26.3 Å². The zero-order chi connectivity index (χ0) is 9.56. The maximum Gasteiger partial charge on any atom is 0.335 e. The highest BCUT2D eigenvalue weighted by molar-refractivity contribution is 7.34. The fourth-order valence-corrected chi connectivity index (χ4v) is 2.08. The third-order valence-electron chi connectivity index (χ3n) is 1.08. The maximum atomic E-state index is 10.7. The number of ether oxygens (including phenoxy) is 1. The van der Waals surface area contributed by atoms with Gasteiger partial charge in [0.1, 0.15) is 5.76 Å². The van der Waals surface area contributed by atoms with Gasteiger partial charge in [-0.25, -0.2) is 4.79 Å². The summed E-state index contributed by atoms with van der Waals surface area (Å²) in [6.45, 7) is 5.03. The molecule has 0 saturated heterocycles. The molecule has 0 rings (SSSR count).